The van der Waals surface area contributed by atoms with E-state index in [4.69, 9.17) is 0 Å². The Morgan fingerprint density at radius 2 is 1.65 bits per heavy atom. The fourth-order valence-corrected chi connectivity index (χ4v) is 3.52. The molecule has 2 heteroatoms. The van der Waals surface area contributed by atoms with Crippen LogP contribution in [0.15, 0.2) is 0 Å². The van der Waals surface area contributed by atoms with E-state index in [1.165, 1.54) is 77.4 Å². The maximum atomic E-state index is 3.77. The van der Waals surface area contributed by atoms with Gasteiger partial charge in [0.05, 0.1) is 0 Å². The zero-order valence-electron chi connectivity index (χ0n) is 11.6. The van der Waals surface area contributed by atoms with Crippen LogP contribution in [-0.2, 0) is 0 Å². The fourth-order valence-electron chi connectivity index (χ4n) is 3.52. The smallest absolute Gasteiger partial charge is 0.0195 e. The number of hydrogen-bond donors (Lipinski definition) is 1. The van der Waals surface area contributed by atoms with Gasteiger partial charge in [-0.1, -0.05) is 39.0 Å². The van der Waals surface area contributed by atoms with Crippen molar-refractivity contribution >= 4 is 0 Å². The van der Waals surface area contributed by atoms with Gasteiger partial charge in [-0.2, -0.15) is 0 Å². The highest BCUT2D eigenvalue weighted by molar-refractivity contribution is 4.81. The standard InChI is InChI=1S/C15H30N2/c1-2-17(15-10-6-7-11-15)13-14-9-5-3-4-8-12-16-14/h14-16H,2-13H2,1H3. The molecule has 1 unspecified atom stereocenters. The van der Waals surface area contributed by atoms with Crippen LogP contribution in [0.25, 0.3) is 0 Å². The zero-order valence-corrected chi connectivity index (χ0v) is 11.6. The predicted molar refractivity (Wildman–Crippen MR) is 74.4 cm³/mol. The first kappa shape index (κ1) is 13.4. The minimum Gasteiger partial charge on any atom is -0.313 e. The van der Waals surface area contributed by atoms with Gasteiger partial charge < -0.3 is 5.32 Å². The molecule has 1 saturated heterocycles. The van der Waals surface area contributed by atoms with Crippen LogP contribution in [0.3, 0.4) is 0 Å². The summed E-state index contributed by atoms with van der Waals surface area (Å²) < 4.78 is 0. The molecule has 0 aromatic heterocycles. The lowest BCUT2D eigenvalue weighted by Crippen LogP contribution is -2.45. The van der Waals surface area contributed by atoms with E-state index in [9.17, 15) is 0 Å². The molecule has 0 aromatic carbocycles. The van der Waals surface area contributed by atoms with Gasteiger partial charge in [-0.3, -0.25) is 4.90 Å². The molecule has 1 N–H and O–H groups in total. The van der Waals surface area contributed by atoms with E-state index in [1.54, 1.807) is 0 Å². The minimum absolute atomic E-state index is 0.760. The Balaban J connectivity index is 1.78. The monoisotopic (exact) mass is 238 g/mol. The molecule has 2 fully saturated rings. The Kier molecular flexibility index (Phi) is 5.79. The molecule has 1 atom stereocenters. The summed E-state index contributed by atoms with van der Waals surface area (Å²) in [5.74, 6) is 0. The minimum atomic E-state index is 0.760. The third-order valence-corrected chi connectivity index (χ3v) is 4.61. The summed E-state index contributed by atoms with van der Waals surface area (Å²) in [6.45, 7) is 6.11. The van der Waals surface area contributed by atoms with Crippen LogP contribution in [0.4, 0.5) is 0 Å². The SMILES string of the molecule is CCN(CC1CCCCCCN1)C1CCCC1. The van der Waals surface area contributed by atoms with E-state index in [-0.39, 0.29) is 0 Å². The zero-order chi connectivity index (χ0) is 11.9. The van der Waals surface area contributed by atoms with Crippen LogP contribution >= 0.6 is 0 Å². The van der Waals surface area contributed by atoms with Crippen LogP contribution < -0.4 is 5.32 Å². The first-order valence-corrected chi connectivity index (χ1v) is 7.87. The number of rotatable bonds is 4. The van der Waals surface area contributed by atoms with Crippen molar-refractivity contribution in [1.82, 2.24) is 10.2 Å². The van der Waals surface area contributed by atoms with Crippen molar-refractivity contribution in [2.24, 2.45) is 0 Å². The second-order valence-corrected chi connectivity index (χ2v) is 5.88. The Hall–Kier alpha value is -0.0800. The molecule has 1 heterocycles. The van der Waals surface area contributed by atoms with Gasteiger partial charge in [-0.25, -0.2) is 0 Å². The van der Waals surface area contributed by atoms with Crippen LogP contribution in [0.2, 0.25) is 0 Å². The number of nitrogens with one attached hydrogen (secondary N) is 1. The average Bonchev–Trinajstić information content (AvgIpc) is 2.81. The van der Waals surface area contributed by atoms with Crippen molar-refractivity contribution in [2.75, 3.05) is 19.6 Å². The Labute approximate surface area is 107 Å². The summed E-state index contributed by atoms with van der Waals surface area (Å²) in [4.78, 5) is 2.74. The van der Waals surface area contributed by atoms with Gasteiger partial charge in [0.2, 0.25) is 0 Å². The molecule has 0 radical (unpaired) electrons. The van der Waals surface area contributed by atoms with Crippen LogP contribution in [-0.4, -0.2) is 36.6 Å². The maximum Gasteiger partial charge on any atom is 0.0195 e. The summed E-state index contributed by atoms with van der Waals surface area (Å²) in [6, 6.07) is 1.66. The molecular formula is C15H30N2. The molecule has 0 aromatic rings. The van der Waals surface area contributed by atoms with Gasteiger partial charge in [0.1, 0.15) is 0 Å². The molecule has 100 valence electrons. The average molecular weight is 238 g/mol. The van der Waals surface area contributed by atoms with Crippen molar-refractivity contribution in [3.05, 3.63) is 0 Å². The van der Waals surface area contributed by atoms with Crippen molar-refractivity contribution in [3.8, 4) is 0 Å². The summed E-state index contributed by atoms with van der Waals surface area (Å²) >= 11 is 0. The highest BCUT2D eigenvalue weighted by Crippen LogP contribution is 2.24. The largest absolute Gasteiger partial charge is 0.313 e. The van der Waals surface area contributed by atoms with E-state index >= 15 is 0 Å². The van der Waals surface area contributed by atoms with Gasteiger partial charge >= 0.3 is 0 Å². The van der Waals surface area contributed by atoms with Crippen molar-refractivity contribution in [3.63, 3.8) is 0 Å². The Morgan fingerprint density at radius 3 is 2.41 bits per heavy atom. The lowest BCUT2D eigenvalue weighted by Gasteiger charge is -2.32. The predicted octanol–water partition coefficient (Wildman–Crippen LogP) is 3.17. The summed E-state index contributed by atoms with van der Waals surface area (Å²) in [6.07, 6.45) is 12.9. The fraction of sp³-hybridized carbons (Fsp3) is 1.00. The number of likely N-dealkylation sites (N-methyl/N-ethyl adjacent to an activating group) is 1. The maximum absolute atomic E-state index is 3.77. The third kappa shape index (κ3) is 4.26. The molecule has 1 saturated carbocycles. The quantitative estimate of drug-likeness (QED) is 0.809. The molecule has 17 heavy (non-hydrogen) atoms. The van der Waals surface area contributed by atoms with Gasteiger partial charge in [0, 0.05) is 18.6 Å². The molecular weight excluding hydrogens is 208 g/mol. The van der Waals surface area contributed by atoms with Gasteiger partial charge in [-0.05, 0) is 38.8 Å². The molecule has 0 bridgehead atoms. The van der Waals surface area contributed by atoms with Crippen LogP contribution in [0.5, 0.6) is 0 Å². The highest BCUT2D eigenvalue weighted by Gasteiger charge is 2.23. The molecule has 2 nitrogen and oxygen atoms in total. The lowest BCUT2D eigenvalue weighted by molar-refractivity contribution is 0.179. The van der Waals surface area contributed by atoms with E-state index in [0.29, 0.717) is 0 Å². The van der Waals surface area contributed by atoms with Gasteiger partial charge in [0.15, 0.2) is 0 Å². The van der Waals surface area contributed by atoms with Gasteiger partial charge in [0.25, 0.3) is 0 Å². The van der Waals surface area contributed by atoms with Crippen LogP contribution in [0.1, 0.15) is 64.7 Å². The summed E-state index contributed by atoms with van der Waals surface area (Å²) in [5, 5.41) is 3.77. The normalized spacial score (nSPS) is 28.2. The van der Waals surface area contributed by atoms with Crippen molar-refractivity contribution in [1.29, 1.82) is 0 Å². The molecule has 2 aliphatic rings. The first-order valence-electron chi connectivity index (χ1n) is 7.87. The van der Waals surface area contributed by atoms with Crippen molar-refractivity contribution < 1.29 is 0 Å². The topological polar surface area (TPSA) is 15.3 Å². The second kappa shape index (κ2) is 7.38. The van der Waals surface area contributed by atoms with E-state index in [2.05, 4.69) is 17.1 Å². The van der Waals surface area contributed by atoms with E-state index < -0.39 is 0 Å². The van der Waals surface area contributed by atoms with E-state index in [0.717, 1.165) is 12.1 Å². The van der Waals surface area contributed by atoms with Gasteiger partial charge in [-0.15, -0.1) is 0 Å². The lowest BCUT2D eigenvalue weighted by atomic mass is 10.0. The second-order valence-electron chi connectivity index (χ2n) is 5.88. The van der Waals surface area contributed by atoms with E-state index in [1.807, 2.05) is 0 Å². The molecule has 0 spiro atoms. The number of hydrogen-bond acceptors (Lipinski definition) is 2. The first-order chi connectivity index (χ1) is 8.40. The third-order valence-electron chi connectivity index (χ3n) is 4.61. The molecule has 2 rings (SSSR count). The highest BCUT2D eigenvalue weighted by atomic mass is 15.2. The summed E-state index contributed by atoms with van der Waals surface area (Å²) in [7, 11) is 0. The molecule has 0 amide bonds. The van der Waals surface area contributed by atoms with Crippen LogP contribution in [0, 0.1) is 0 Å². The Bertz CT molecular complexity index is 191. The summed E-state index contributed by atoms with van der Waals surface area (Å²) in [5.41, 5.74) is 0. The van der Waals surface area contributed by atoms with Crippen molar-refractivity contribution in [2.45, 2.75) is 76.8 Å². The molecule has 1 aliphatic heterocycles. The Morgan fingerprint density at radius 1 is 0.941 bits per heavy atom. The number of nitrogens with zero attached hydrogens (tertiary/aromatic N) is 1. The molecule has 1 aliphatic carbocycles.